The number of nitrogens with one attached hydrogen (secondary N) is 1. The van der Waals surface area contributed by atoms with E-state index < -0.39 is 5.91 Å². The molecule has 0 aliphatic carbocycles. The number of primary amides is 1. The third-order valence-electron chi connectivity index (χ3n) is 6.99. The molecule has 7 rings (SSSR count). The maximum absolute atomic E-state index is 12.3. The highest BCUT2D eigenvalue weighted by molar-refractivity contribution is 15.0. The second kappa shape index (κ2) is 19.9. The van der Waals surface area contributed by atoms with Gasteiger partial charge >= 0.3 is 0 Å². The Morgan fingerprint density at radius 3 is 1.94 bits per heavy atom. The fourth-order valence-electron chi connectivity index (χ4n) is 4.85. The molecule has 0 saturated heterocycles. The van der Waals surface area contributed by atoms with Gasteiger partial charge in [0.15, 0.2) is 23.6 Å². The number of aliphatic hydroxyl groups is 1. The van der Waals surface area contributed by atoms with E-state index in [9.17, 15) is 14.4 Å². The van der Waals surface area contributed by atoms with Gasteiger partial charge in [-0.15, -0.1) is 0 Å². The number of anilines is 1. The molecule has 0 aliphatic rings. The molecule has 0 atom stereocenters. The average Bonchev–Trinajstić information content (AvgIpc) is 3.73. The summed E-state index contributed by atoms with van der Waals surface area (Å²) in [6.07, 6.45) is 0.703. The molecule has 5 aromatic heterocycles. The van der Waals surface area contributed by atoms with Crippen molar-refractivity contribution in [3.63, 3.8) is 0 Å². The molecule has 0 fully saturated rings. The maximum Gasteiger partial charge on any atom is 0.259 e. The highest BCUT2D eigenvalue weighted by atomic mass is 128. The summed E-state index contributed by atoms with van der Waals surface area (Å²) in [5.41, 5.74) is 16.7. The second-order valence-corrected chi connectivity index (χ2v) is 12.7. The smallest absolute Gasteiger partial charge is 0.259 e. The number of amides is 1. The Kier molecular flexibility index (Phi) is 16.4. The first-order valence-corrected chi connectivity index (χ1v) is 23.1. The standard InChI is InChI=1S/C17H12BrN3O2.C10H9NO2.C7H7BrN2O.C2H6O.I2/c1-8-5-14-11(9(2)19-8)7-15(23-14)16-20-13-4-3-10(18)6-12(13)17(22)21-16;1-6-3-10-9(7(2)11-6)4-8(5-12)13-10;8-4-1-2-6(9)5(3-4)7(10)11;1-2-3;1-2/h3-7H,1-2H3,(H,20,21,22);3-5H,1-2H3;1-3H,9H2,(H2,10,11);3H,2H2,1H3;. The lowest BCUT2D eigenvalue weighted by Crippen LogP contribution is -2.13. The fraction of sp³-hybridized carbons (Fsp3) is 0.167. The largest absolute Gasteiger partial charge is 0.453 e. The van der Waals surface area contributed by atoms with Crippen LogP contribution in [0.1, 0.15) is 50.6 Å². The number of aromatic nitrogens is 4. The molecule has 2 aromatic carbocycles. The lowest BCUT2D eigenvalue weighted by Gasteiger charge is -2.00. The minimum atomic E-state index is -0.510. The first-order chi connectivity index (χ1) is 24.7. The summed E-state index contributed by atoms with van der Waals surface area (Å²) in [6, 6.07) is 17.7. The number of hydrogen-bond acceptors (Lipinski definition) is 10. The van der Waals surface area contributed by atoms with Gasteiger partial charge in [-0.25, -0.2) is 4.98 Å². The van der Waals surface area contributed by atoms with Crippen LogP contribution in [0.5, 0.6) is 0 Å². The van der Waals surface area contributed by atoms with E-state index in [0.717, 1.165) is 53.7 Å². The van der Waals surface area contributed by atoms with Gasteiger partial charge in [0, 0.05) is 104 Å². The molecular formula is C36H34Br2I2N6O6. The van der Waals surface area contributed by atoms with Gasteiger partial charge in [0.2, 0.25) is 0 Å². The van der Waals surface area contributed by atoms with Gasteiger partial charge in [-0.3, -0.25) is 24.4 Å². The molecule has 0 aliphatic heterocycles. The molecular weight excluding hydrogens is 1030 g/mol. The number of carbonyl (C=O) groups is 2. The van der Waals surface area contributed by atoms with E-state index in [-0.39, 0.29) is 12.2 Å². The number of nitrogens with zero attached hydrogens (tertiary/aromatic N) is 3. The predicted molar refractivity (Wildman–Crippen MR) is 229 cm³/mol. The van der Waals surface area contributed by atoms with Crippen LogP contribution in [0.4, 0.5) is 5.69 Å². The Balaban J connectivity index is 0.000000214. The fourth-order valence-corrected chi connectivity index (χ4v) is 5.57. The van der Waals surface area contributed by atoms with Crippen LogP contribution in [0.3, 0.4) is 0 Å². The Hall–Kier alpha value is -3.72. The van der Waals surface area contributed by atoms with E-state index in [1.165, 1.54) is 0 Å². The van der Waals surface area contributed by atoms with Crippen LogP contribution >= 0.6 is 69.1 Å². The van der Waals surface area contributed by atoms with Crippen molar-refractivity contribution in [3.05, 3.63) is 114 Å². The third-order valence-corrected chi connectivity index (χ3v) is 7.97. The van der Waals surface area contributed by atoms with Crippen molar-refractivity contribution in [3.8, 4) is 11.6 Å². The molecule has 5 heterocycles. The van der Waals surface area contributed by atoms with Gasteiger partial charge < -0.3 is 30.4 Å². The van der Waals surface area contributed by atoms with Gasteiger partial charge in [-0.1, -0.05) is 31.9 Å². The minimum Gasteiger partial charge on any atom is -0.453 e. The van der Waals surface area contributed by atoms with Crippen LogP contribution in [0.15, 0.2) is 83.2 Å². The van der Waals surface area contributed by atoms with E-state index in [1.54, 1.807) is 43.3 Å². The zero-order valence-corrected chi connectivity index (χ0v) is 36.0. The molecule has 0 spiro atoms. The highest BCUT2D eigenvalue weighted by Gasteiger charge is 2.13. The van der Waals surface area contributed by atoms with E-state index in [0.29, 0.717) is 45.8 Å². The molecule has 0 unspecified atom stereocenters. The number of aldehydes is 1. The Bertz CT molecular complexity index is 2410. The molecule has 52 heavy (non-hydrogen) atoms. The number of carbonyl (C=O) groups excluding carboxylic acids is 2. The van der Waals surface area contributed by atoms with Gasteiger partial charge in [-0.05, 0) is 83.1 Å². The van der Waals surface area contributed by atoms with Gasteiger partial charge in [0.05, 0.1) is 16.5 Å². The molecule has 0 saturated carbocycles. The minimum absolute atomic E-state index is 0.196. The number of nitrogens with two attached hydrogens (primary N) is 2. The number of aromatic amines is 1. The highest BCUT2D eigenvalue weighted by Crippen LogP contribution is 2.28. The average molecular weight is 1060 g/mol. The van der Waals surface area contributed by atoms with Crippen LogP contribution in [0, 0.1) is 27.7 Å². The van der Waals surface area contributed by atoms with Crippen molar-refractivity contribution in [2.24, 2.45) is 5.73 Å². The van der Waals surface area contributed by atoms with Crippen molar-refractivity contribution >= 4 is 120 Å². The number of rotatable bonds is 3. The SMILES string of the molecule is CCO.Cc1cc2oc(-c3nc4ccc(Br)cc4c(=O)[nH]3)cc2c(C)n1.Cc1cc2oc(C=O)cc2c(C)n1.II.NC(=O)c1cc(Br)ccc1N. The van der Waals surface area contributed by atoms with E-state index in [4.69, 9.17) is 25.4 Å². The first-order valence-electron chi connectivity index (χ1n) is 15.2. The Morgan fingerprint density at radius 2 is 1.38 bits per heavy atom. The summed E-state index contributed by atoms with van der Waals surface area (Å²) in [5.74, 6) is 0.782. The van der Waals surface area contributed by atoms with Crippen LogP contribution in [0.2, 0.25) is 0 Å². The van der Waals surface area contributed by atoms with Crippen molar-refractivity contribution in [2.75, 3.05) is 12.3 Å². The molecule has 1 amide bonds. The molecule has 12 nitrogen and oxygen atoms in total. The summed E-state index contributed by atoms with van der Waals surface area (Å²) in [6.45, 7) is 9.58. The predicted octanol–water partition coefficient (Wildman–Crippen LogP) is 9.27. The van der Waals surface area contributed by atoms with Crippen LogP contribution in [-0.4, -0.2) is 43.8 Å². The molecule has 7 aromatic rings. The molecule has 272 valence electrons. The summed E-state index contributed by atoms with van der Waals surface area (Å²) in [7, 11) is 0. The number of aliphatic hydroxyl groups excluding tert-OH is 1. The van der Waals surface area contributed by atoms with Gasteiger partial charge in [0.25, 0.3) is 11.5 Å². The van der Waals surface area contributed by atoms with Crippen LogP contribution in [0.25, 0.3) is 44.4 Å². The van der Waals surface area contributed by atoms with Gasteiger partial charge in [-0.2, -0.15) is 0 Å². The zero-order chi connectivity index (χ0) is 38.7. The number of halogens is 4. The number of pyridine rings is 2. The monoisotopic (exact) mass is 1060 g/mol. The van der Waals surface area contributed by atoms with Crippen molar-refractivity contribution in [2.45, 2.75) is 34.6 Å². The number of nitrogen functional groups attached to an aromatic ring is 1. The van der Waals surface area contributed by atoms with Crippen LogP contribution in [-0.2, 0) is 0 Å². The topological polar surface area (TPSA) is 204 Å². The summed E-state index contributed by atoms with van der Waals surface area (Å²) in [5, 5.41) is 9.93. The summed E-state index contributed by atoms with van der Waals surface area (Å²) >= 11 is 10.8. The van der Waals surface area contributed by atoms with Crippen molar-refractivity contribution in [1.29, 1.82) is 0 Å². The Labute approximate surface area is 338 Å². The molecule has 0 bridgehead atoms. The van der Waals surface area contributed by atoms with E-state index >= 15 is 0 Å². The quantitative estimate of drug-likeness (QED) is 0.0750. The van der Waals surface area contributed by atoms with Crippen molar-refractivity contribution < 1.29 is 23.5 Å². The summed E-state index contributed by atoms with van der Waals surface area (Å²) < 4.78 is 12.8. The molecule has 16 heteroatoms. The third kappa shape index (κ3) is 11.1. The second-order valence-electron chi connectivity index (χ2n) is 10.9. The number of fused-ring (bicyclic) bond motifs is 3. The zero-order valence-electron chi connectivity index (χ0n) is 28.6. The number of H-pyrrole nitrogens is 1. The maximum atomic E-state index is 12.3. The first kappa shape index (κ1) is 42.7. The number of benzene rings is 2. The normalized spacial score (nSPS) is 10.2. The van der Waals surface area contributed by atoms with Crippen LogP contribution < -0.4 is 17.0 Å². The number of aryl methyl sites for hydroxylation is 4. The van der Waals surface area contributed by atoms with Gasteiger partial charge in [0.1, 0.15) is 11.2 Å². The van der Waals surface area contributed by atoms with E-state index in [1.807, 2.05) is 52.0 Å². The lowest BCUT2D eigenvalue weighted by atomic mass is 10.2. The Morgan fingerprint density at radius 1 is 0.846 bits per heavy atom. The molecule has 0 radical (unpaired) electrons. The number of furan rings is 2. The lowest BCUT2D eigenvalue weighted by molar-refractivity contribution is 0.100. The number of hydrogen-bond donors (Lipinski definition) is 4. The summed E-state index contributed by atoms with van der Waals surface area (Å²) in [4.78, 5) is 49.4. The van der Waals surface area contributed by atoms with Crippen molar-refractivity contribution in [1.82, 2.24) is 19.9 Å². The van der Waals surface area contributed by atoms with E-state index in [2.05, 4.69) is 89.0 Å². The molecule has 6 N–H and O–H groups in total.